The van der Waals surface area contributed by atoms with Crippen molar-refractivity contribution < 1.29 is 4.79 Å². The van der Waals surface area contributed by atoms with Crippen molar-refractivity contribution in [3.05, 3.63) is 77.0 Å². The van der Waals surface area contributed by atoms with Crippen LogP contribution in [0.1, 0.15) is 16.1 Å². The maximum atomic E-state index is 12.1. The molecule has 0 bridgehead atoms. The monoisotopic (exact) mass is 309 g/mol. The highest BCUT2D eigenvalue weighted by atomic mass is 35.5. The fourth-order valence-electron chi connectivity index (χ4n) is 2.03. The van der Waals surface area contributed by atoms with Crippen molar-refractivity contribution in [1.29, 1.82) is 0 Å². The second kappa shape index (κ2) is 6.37. The molecule has 0 aliphatic carbocycles. The normalized spacial score (nSPS) is 11.0. The van der Waals surface area contributed by atoms with E-state index in [1.807, 2.05) is 30.3 Å². The van der Waals surface area contributed by atoms with Crippen molar-refractivity contribution in [2.24, 2.45) is 0 Å². The van der Waals surface area contributed by atoms with Gasteiger partial charge in [-0.3, -0.25) is 4.79 Å². The summed E-state index contributed by atoms with van der Waals surface area (Å²) >= 11 is 5.81. The van der Waals surface area contributed by atoms with Gasteiger partial charge in [0.2, 0.25) is 0 Å². The van der Waals surface area contributed by atoms with Crippen molar-refractivity contribution in [1.82, 2.24) is 15.4 Å². The van der Waals surface area contributed by atoms with E-state index in [1.54, 1.807) is 30.3 Å². The number of aromatic amines is 1. The summed E-state index contributed by atoms with van der Waals surface area (Å²) in [5.41, 5.74) is 2.84. The summed E-state index contributed by atoms with van der Waals surface area (Å²) in [4.78, 5) is 12.1. The van der Waals surface area contributed by atoms with Crippen LogP contribution in [-0.4, -0.2) is 21.2 Å². The van der Waals surface area contributed by atoms with E-state index in [-0.39, 0.29) is 5.78 Å². The van der Waals surface area contributed by atoms with Crippen molar-refractivity contribution in [3.8, 4) is 11.3 Å². The number of ketones is 1. The number of nitrogens with one attached hydrogen (secondary N) is 1. The van der Waals surface area contributed by atoms with E-state index in [4.69, 9.17) is 11.6 Å². The van der Waals surface area contributed by atoms with Crippen LogP contribution in [0.25, 0.3) is 17.3 Å². The quantitative estimate of drug-likeness (QED) is 0.585. The molecule has 0 saturated carbocycles. The first-order chi connectivity index (χ1) is 10.7. The van der Waals surface area contributed by atoms with Crippen LogP contribution < -0.4 is 0 Å². The van der Waals surface area contributed by atoms with Gasteiger partial charge in [-0.15, -0.1) is 0 Å². The third-order valence-corrected chi connectivity index (χ3v) is 3.40. The van der Waals surface area contributed by atoms with Gasteiger partial charge < -0.3 is 0 Å². The van der Waals surface area contributed by atoms with E-state index < -0.39 is 0 Å². The Labute approximate surface area is 132 Å². The topological polar surface area (TPSA) is 58.6 Å². The lowest BCUT2D eigenvalue weighted by molar-refractivity contribution is 0.104. The van der Waals surface area contributed by atoms with Crippen LogP contribution in [0.2, 0.25) is 5.02 Å². The number of hydrogen-bond donors (Lipinski definition) is 1. The molecule has 0 fully saturated rings. The van der Waals surface area contributed by atoms with Crippen LogP contribution in [0, 0.1) is 0 Å². The molecule has 3 aromatic rings. The first-order valence-corrected chi connectivity index (χ1v) is 7.06. The van der Waals surface area contributed by atoms with Gasteiger partial charge in [-0.05, 0) is 36.4 Å². The molecule has 3 rings (SSSR count). The largest absolute Gasteiger partial charge is 0.289 e. The maximum Gasteiger partial charge on any atom is 0.185 e. The van der Waals surface area contributed by atoms with Gasteiger partial charge in [-0.25, -0.2) is 0 Å². The summed E-state index contributed by atoms with van der Waals surface area (Å²) in [6, 6.07) is 16.4. The zero-order valence-corrected chi connectivity index (χ0v) is 12.3. The van der Waals surface area contributed by atoms with E-state index in [2.05, 4.69) is 15.4 Å². The zero-order chi connectivity index (χ0) is 15.4. The van der Waals surface area contributed by atoms with Gasteiger partial charge >= 0.3 is 0 Å². The van der Waals surface area contributed by atoms with Crippen LogP contribution in [0.15, 0.2) is 60.7 Å². The molecule has 0 radical (unpaired) electrons. The van der Waals surface area contributed by atoms with E-state index in [1.165, 1.54) is 6.08 Å². The van der Waals surface area contributed by atoms with Crippen LogP contribution in [0.5, 0.6) is 0 Å². The molecule has 4 nitrogen and oxygen atoms in total. The van der Waals surface area contributed by atoms with Crippen LogP contribution in [-0.2, 0) is 0 Å². The Morgan fingerprint density at radius 1 is 1.00 bits per heavy atom. The Kier molecular flexibility index (Phi) is 4.12. The molecule has 0 saturated heterocycles. The summed E-state index contributed by atoms with van der Waals surface area (Å²) in [7, 11) is 0. The number of carbonyl (C=O) groups is 1. The van der Waals surface area contributed by atoms with Crippen LogP contribution >= 0.6 is 11.6 Å². The standard InChI is InChI=1S/C17H12ClN3O/c18-14-8-6-12(7-9-14)16(22)11-10-15-17(20-21-19-15)13-4-2-1-3-5-13/h1-11H,(H,19,20,21)/b11-10+. The van der Waals surface area contributed by atoms with Crippen molar-refractivity contribution in [2.45, 2.75) is 0 Å². The summed E-state index contributed by atoms with van der Waals surface area (Å²) < 4.78 is 0. The molecular formula is C17H12ClN3O. The van der Waals surface area contributed by atoms with Gasteiger partial charge in [0.05, 0.1) is 0 Å². The molecule has 1 heterocycles. The number of hydrogen-bond acceptors (Lipinski definition) is 3. The molecule has 22 heavy (non-hydrogen) atoms. The molecule has 0 atom stereocenters. The van der Waals surface area contributed by atoms with E-state index in [0.717, 1.165) is 5.56 Å². The van der Waals surface area contributed by atoms with Gasteiger partial charge in [-0.1, -0.05) is 41.9 Å². The lowest BCUT2D eigenvalue weighted by atomic mass is 10.1. The van der Waals surface area contributed by atoms with Gasteiger partial charge in [-0.2, -0.15) is 15.4 Å². The summed E-state index contributed by atoms with van der Waals surface area (Å²) in [6.07, 6.45) is 3.14. The summed E-state index contributed by atoms with van der Waals surface area (Å²) in [5.74, 6) is -0.112. The average molecular weight is 310 g/mol. The highest BCUT2D eigenvalue weighted by Gasteiger charge is 2.08. The Bertz CT molecular complexity index is 807. The highest BCUT2D eigenvalue weighted by molar-refractivity contribution is 6.30. The van der Waals surface area contributed by atoms with Crippen LogP contribution in [0.4, 0.5) is 0 Å². The predicted octanol–water partition coefficient (Wildman–Crippen LogP) is 4.02. The van der Waals surface area contributed by atoms with E-state index in [9.17, 15) is 4.79 Å². The minimum atomic E-state index is -0.112. The van der Waals surface area contributed by atoms with Crippen molar-refractivity contribution >= 4 is 23.5 Å². The molecular weight excluding hydrogens is 298 g/mol. The molecule has 0 unspecified atom stereocenters. The predicted molar refractivity (Wildman–Crippen MR) is 86.6 cm³/mol. The number of rotatable bonds is 4. The van der Waals surface area contributed by atoms with Gasteiger partial charge in [0.1, 0.15) is 11.4 Å². The number of allylic oxidation sites excluding steroid dienone is 1. The van der Waals surface area contributed by atoms with E-state index >= 15 is 0 Å². The number of aromatic nitrogens is 3. The Morgan fingerprint density at radius 2 is 1.73 bits per heavy atom. The SMILES string of the molecule is O=C(/C=C/c1n[nH]nc1-c1ccccc1)c1ccc(Cl)cc1. The second-order valence-corrected chi connectivity index (χ2v) is 5.06. The molecule has 2 aromatic carbocycles. The fraction of sp³-hybridized carbons (Fsp3) is 0. The molecule has 0 aliphatic rings. The summed E-state index contributed by atoms with van der Waals surface area (Å²) in [5, 5.41) is 11.4. The molecule has 1 aromatic heterocycles. The first-order valence-electron chi connectivity index (χ1n) is 6.68. The second-order valence-electron chi connectivity index (χ2n) is 4.63. The van der Waals surface area contributed by atoms with Gasteiger partial charge in [0.25, 0.3) is 0 Å². The minimum absolute atomic E-state index is 0.112. The molecule has 0 aliphatic heterocycles. The van der Waals surface area contributed by atoms with Gasteiger partial charge in [0.15, 0.2) is 5.78 Å². The van der Waals surface area contributed by atoms with Crippen LogP contribution in [0.3, 0.4) is 0 Å². The zero-order valence-electron chi connectivity index (χ0n) is 11.5. The molecule has 0 amide bonds. The first kappa shape index (κ1) is 14.2. The lowest BCUT2D eigenvalue weighted by Crippen LogP contribution is -1.93. The Hall–Kier alpha value is -2.72. The smallest absolute Gasteiger partial charge is 0.185 e. The molecule has 0 spiro atoms. The molecule has 108 valence electrons. The Morgan fingerprint density at radius 3 is 2.45 bits per heavy atom. The number of carbonyl (C=O) groups excluding carboxylic acids is 1. The fourth-order valence-corrected chi connectivity index (χ4v) is 2.15. The number of halogens is 1. The lowest BCUT2D eigenvalue weighted by Gasteiger charge is -1.97. The van der Waals surface area contributed by atoms with Crippen molar-refractivity contribution in [3.63, 3.8) is 0 Å². The Balaban J connectivity index is 1.83. The molecule has 1 N–H and O–H groups in total. The number of nitrogens with zero attached hydrogens (tertiary/aromatic N) is 2. The minimum Gasteiger partial charge on any atom is -0.289 e. The van der Waals surface area contributed by atoms with Gasteiger partial charge in [0, 0.05) is 16.1 Å². The van der Waals surface area contributed by atoms with E-state index in [0.29, 0.717) is 22.0 Å². The third kappa shape index (κ3) is 3.13. The maximum absolute atomic E-state index is 12.1. The summed E-state index contributed by atoms with van der Waals surface area (Å²) in [6.45, 7) is 0. The average Bonchev–Trinajstić information content (AvgIpc) is 3.02. The number of H-pyrrole nitrogens is 1. The third-order valence-electron chi connectivity index (χ3n) is 3.14. The highest BCUT2D eigenvalue weighted by Crippen LogP contribution is 2.20. The molecule has 5 heteroatoms. The number of benzene rings is 2. The van der Waals surface area contributed by atoms with Crippen molar-refractivity contribution in [2.75, 3.05) is 0 Å².